The van der Waals surface area contributed by atoms with Gasteiger partial charge in [0.15, 0.2) is 0 Å². The van der Waals surface area contributed by atoms with Gasteiger partial charge in [0.25, 0.3) is 5.91 Å². The van der Waals surface area contributed by atoms with Crippen LogP contribution in [0.2, 0.25) is 0 Å². The van der Waals surface area contributed by atoms with Crippen molar-refractivity contribution >= 4 is 35.0 Å². The molecular weight excluding hydrogens is 282 g/mol. The van der Waals surface area contributed by atoms with Gasteiger partial charge in [-0.25, -0.2) is 4.79 Å². The predicted octanol–water partition coefficient (Wildman–Crippen LogP) is 2.26. The summed E-state index contributed by atoms with van der Waals surface area (Å²) in [6.07, 6.45) is 0.897. The maximum Gasteiger partial charge on any atom is 0.327 e. The van der Waals surface area contributed by atoms with E-state index in [0.717, 1.165) is 17.1 Å². The van der Waals surface area contributed by atoms with Gasteiger partial charge >= 0.3 is 5.97 Å². The average Bonchev–Trinajstić information content (AvgIpc) is 2.79. The lowest BCUT2D eigenvalue weighted by atomic mass is 10.2. The molecule has 1 amide bonds. The second kappa shape index (κ2) is 5.96. The Morgan fingerprint density at radius 1 is 1.53 bits per heavy atom. The summed E-state index contributed by atoms with van der Waals surface area (Å²) in [6.45, 7) is 4.57. The Balaban J connectivity index is 2.23. The maximum atomic E-state index is 12.5. The van der Waals surface area contributed by atoms with E-state index in [4.69, 9.17) is 0 Å². The zero-order valence-electron chi connectivity index (χ0n) is 11.0. The van der Waals surface area contributed by atoms with Gasteiger partial charge in [0.2, 0.25) is 0 Å². The molecule has 1 aromatic rings. The minimum atomic E-state index is -0.912. The third-order valence-electron chi connectivity index (χ3n) is 3.29. The summed E-state index contributed by atoms with van der Waals surface area (Å²) < 4.78 is 0. The number of carboxylic acid groups (broad SMARTS) is 1. The van der Waals surface area contributed by atoms with Crippen LogP contribution in [0.4, 0.5) is 0 Å². The van der Waals surface area contributed by atoms with Crippen molar-refractivity contribution in [1.29, 1.82) is 0 Å². The lowest BCUT2D eigenvalue weighted by Crippen LogP contribution is -2.50. The van der Waals surface area contributed by atoms with Crippen LogP contribution < -0.4 is 0 Å². The van der Waals surface area contributed by atoms with Crippen molar-refractivity contribution in [2.75, 3.05) is 18.1 Å². The molecule has 0 aliphatic carbocycles. The number of rotatable bonds is 3. The smallest absolute Gasteiger partial charge is 0.327 e. The van der Waals surface area contributed by atoms with E-state index in [9.17, 15) is 14.7 Å². The lowest BCUT2D eigenvalue weighted by Gasteiger charge is -2.32. The summed E-state index contributed by atoms with van der Waals surface area (Å²) in [5.41, 5.74) is 1.17. The SMILES string of the molecule is CCc1cc(C(=O)N2CCSCC2C(=O)O)sc1C. The Morgan fingerprint density at radius 3 is 2.84 bits per heavy atom. The number of hydrogen-bond acceptors (Lipinski definition) is 4. The number of nitrogens with zero attached hydrogens (tertiary/aromatic N) is 1. The van der Waals surface area contributed by atoms with E-state index in [1.807, 2.05) is 13.0 Å². The predicted molar refractivity (Wildman–Crippen MR) is 78.2 cm³/mol. The highest BCUT2D eigenvalue weighted by Gasteiger charge is 2.33. The molecule has 1 aliphatic heterocycles. The van der Waals surface area contributed by atoms with E-state index < -0.39 is 12.0 Å². The number of carboxylic acids is 1. The largest absolute Gasteiger partial charge is 0.480 e. The molecule has 19 heavy (non-hydrogen) atoms. The summed E-state index contributed by atoms with van der Waals surface area (Å²) >= 11 is 3.05. The third-order valence-corrected chi connectivity index (χ3v) is 5.39. The molecule has 2 heterocycles. The van der Waals surface area contributed by atoms with Crippen LogP contribution in [0, 0.1) is 6.92 Å². The van der Waals surface area contributed by atoms with Crippen molar-refractivity contribution in [2.24, 2.45) is 0 Å². The standard InChI is InChI=1S/C13H17NO3S2/c1-3-9-6-11(19-8(9)2)12(15)14-4-5-18-7-10(14)13(16)17/h6,10H,3-5,7H2,1-2H3,(H,16,17). The Bertz CT molecular complexity index is 498. The second-order valence-corrected chi connectivity index (χ2v) is 6.88. The molecule has 2 rings (SSSR count). The van der Waals surface area contributed by atoms with E-state index in [2.05, 4.69) is 6.92 Å². The minimum Gasteiger partial charge on any atom is -0.480 e. The van der Waals surface area contributed by atoms with Crippen LogP contribution in [0.3, 0.4) is 0 Å². The Labute approximate surface area is 120 Å². The first-order valence-corrected chi connectivity index (χ1v) is 8.22. The highest BCUT2D eigenvalue weighted by atomic mass is 32.2. The molecule has 1 aliphatic rings. The summed E-state index contributed by atoms with van der Waals surface area (Å²) in [6, 6.07) is 1.21. The Hall–Kier alpha value is -1.01. The van der Waals surface area contributed by atoms with Crippen molar-refractivity contribution < 1.29 is 14.7 Å². The molecule has 1 saturated heterocycles. The summed E-state index contributed by atoms with van der Waals surface area (Å²) in [4.78, 5) is 27.0. The van der Waals surface area contributed by atoms with Crippen LogP contribution in [0.1, 0.15) is 27.0 Å². The molecule has 6 heteroatoms. The van der Waals surface area contributed by atoms with Crippen LogP contribution in [0.15, 0.2) is 6.07 Å². The fourth-order valence-electron chi connectivity index (χ4n) is 2.17. The van der Waals surface area contributed by atoms with Crippen LogP contribution in [0.25, 0.3) is 0 Å². The monoisotopic (exact) mass is 299 g/mol. The number of thiophene rings is 1. The number of carbonyl (C=O) groups is 2. The molecule has 0 spiro atoms. The van der Waals surface area contributed by atoms with E-state index in [1.165, 1.54) is 21.8 Å². The molecule has 1 atom stereocenters. The molecule has 104 valence electrons. The fraction of sp³-hybridized carbons (Fsp3) is 0.538. The molecule has 1 fully saturated rings. The molecule has 0 aromatic carbocycles. The van der Waals surface area contributed by atoms with Gasteiger partial charge in [0, 0.05) is 22.9 Å². The van der Waals surface area contributed by atoms with Crippen LogP contribution in [-0.4, -0.2) is 46.0 Å². The van der Waals surface area contributed by atoms with Gasteiger partial charge in [-0.2, -0.15) is 11.8 Å². The van der Waals surface area contributed by atoms with E-state index in [0.29, 0.717) is 17.2 Å². The fourth-order valence-corrected chi connectivity index (χ4v) is 4.28. The number of thioether (sulfide) groups is 1. The summed E-state index contributed by atoms with van der Waals surface area (Å²) in [5.74, 6) is 0.233. The van der Waals surface area contributed by atoms with Gasteiger partial charge in [-0.15, -0.1) is 11.3 Å². The van der Waals surface area contributed by atoms with Crippen molar-refractivity contribution in [1.82, 2.24) is 4.90 Å². The van der Waals surface area contributed by atoms with Gasteiger partial charge in [-0.1, -0.05) is 6.92 Å². The first-order chi connectivity index (χ1) is 9.04. The summed E-state index contributed by atoms with van der Waals surface area (Å²) in [7, 11) is 0. The highest BCUT2D eigenvalue weighted by Crippen LogP contribution is 2.26. The molecule has 0 radical (unpaired) electrons. The summed E-state index contributed by atoms with van der Waals surface area (Å²) in [5, 5.41) is 9.21. The van der Waals surface area contributed by atoms with Gasteiger partial charge in [-0.3, -0.25) is 4.79 Å². The molecule has 4 nitrogen and oxygen atoms in total. The number of aryl methyl sites for hydroxylation is 2. The van der Waals surface area contributed by atoms with Crippen molar-refractivity contribution in [3.8, 4) is 0 Å². The van der Waals surface area contributed by atoms with E-state index in [-0.39, 0.29) is 5.91 Å². The van der Waals surface area contributed by atoms with Crippen molar-refractivity contribution in [2.45, 2.75) is 26.3 Å². The van der Waals surface area contributed by atoms with Crippen molar-refractivity contribution in [3.63, 3.8) is 0 Å². The number of carbonyl (C=O) groups excluding carboxylic acids is 1. The highest BCUT2D eigenvalue weighted by molar-refractivity contribution is 7.99. The van der Waals surface area contributed by atoms with Crippen molar-refractivity contribution in [3.05, 3.63) is 21.4 Å². The van der Waals surface area contributed by atoms with E-state index >= 15 is 0 Å². The van der Waals surface area contributed by atoms with Gasteiger partial charge in [0.05, 0.1) is 4.88 Å². The van der Waals surface area contributed by atoms with Gasteiger partial charge < -0.3 is 10.0 Å². The van der Waals surface area contributed by atoms with E-state index in [1.54, 1.807) is 11.8 Å². The Morgan fingerprint density at radius 2 is 2.26 bits per heavy atom. The van der Waals surface area contributed by atoms with Crippen LogP contribution >= 0.6 is 23.1 Å². The first kappa shape index (κ1) is 14.4. The third kappa shape index (κ3) is 2.95. The number of hydrogen-bond donors (Lipinski definition) is 1. The van der Waals surface area contributed by atoms with Crippen LogP contribution in [-0.2, 0) is 11.2 Å². The van der Waals surface area contributed by atoms with Gasteiger partial charge in [0.1, 0.15) is 6.04 Å². The lowest BCUT2D eigenvalue weighted by molar-refractivity contribution is -0.141. The minimum absolute atomic E-state index is 0.138. The van der Waals surface area contributed by atoms with Crippen LogP contribution in [0.5, 0.6) is 0 Å². The Kier molecular flexibility index (Phi) is 4.52. The maximum absolute atomic E-state index is 12.5. The normalized spacial score (nSPS) is 19.5. The first-order valence-electron chi connectivity index (χ1n) is 6.25. The number of aliphatic carboxylic acids is 1. The molecular formula is C13H17NO3S2. The zero-order valence-corrected chi connectivity index (χ0v) is 12.6. The topological polar surface area (TPSA) is 57.6 Å². The molecule has 1 aromatic heterocycles. The average molecular weight is 299 g/mol. The second-order valence-electron chi connectivity index (χ2n) is 4.47. The number of amides is 1. The molecule has 1 unspecified atom stereocenters. The molecule has 1 N–H and O–H groups in total. The molecule has 0 saturated carbocycles. The zero-order chi connectivity index (χ0) is 14.0. The quantitative estimate of drug-likeness (QED) is 0.930. The van der Waals surface area contributed by atoms with Gasteiger partial charge in [-0.05, 0) is 25.0 Å². The molecule has 0 bridgehead atoms.